The van der Waals surface area contributed by atoms with Crippen LogP contribution >= 0.6 is 15.9 Å². The van der Waals surface area contributed by atoms with Crippen LogP contribution in [0, 0.1) is 5.92 Å². The van der Waals surface area contributed by atoms with E-state index in [-0.39, 0.29) is 6.04 Å². The third kappa shape index (κ3) is 3.19. The van der Waals surface area contributed by atoms with E-state index in [2.05, 4.69) is 37.8 Å². The van der Waals surface area contributed by atoms with Gasteiger partial charge in [0, 0.05) is 23.1 Å². The first-order valence-corrected chi connectivity index (χ1v) is 8.20. The number of aldehydes is 1. The van der Waals surface area contributed by atoms with Crippen molar-refractivity contribution in [1.29, 1.82) is 0 Å². The molecule has 0 bridgehead atoms. The summed E-state index contributed by atoms with van der Waals surface area (Å²) in [7, 11) is 2.17. The summed E-state index contributed by atoms with van der Waals surface area (Å²) < 4.78 is 0.988. The Morgan fingerprint density at radius 3 is 3.10 bits per heavy atom. The second-order valence-electron chi connectivity index (χ2n) is 6.00. The molecule has 0 radical (unpaired) electrons. The van der Waals surface area contributed by atoms with E-state index in [0.717, 1.165) is 35.1 Å². The van der Waals surface area contributed by atoms with Crippen molar-refractivity contribution in [3.8, 4) is 0 Å². The van der Waals surface area contributed by atoms with E-state index in [4.69, 9.17) is 0 Å². The van der Waals surface area contributed by atoms with Crippen molar-refractivity contribution in [2.24, 2.45) is 10.9 Å². The molecule has 2 atom stereocenters. The van der Waals surface area contributed by atoms with Crippen LogP contribution in [0.3, 0.4) is 0 Å². The average Bonchev–Trinajstić information content (AvgIpc) is 2.47. The molecule has 1 fully saturated rings. The highest BCUT2D eigenvalue weighted by Crippen LogP contribution is 2.34. The maximum Gasteiger partial charge on any atom is 0.147 e. The normalized spacial score (nSPS) is 25.7. The molecule has 1 aromatic rings. The van der Waals surface area contributed by atoms with Crippen LogP contribution in [0.15, 0.2) is 27.7 Å². The Kier molecular flexibility index (Phi) is 4.40. The molecule has 0 aromatic heterocycles. The number of hydrogen-bond acceptors (Lipinski definition) is 4. The molecule has 2 aliphatic rings. The van der Waals surface area contributed by atoms with E-state index in [1.165, 1.54) is 19.4 Å². The number of nitrogens with zero attached hydrogens (tertiary/aromatic N) is 3. The van der Waals surface area contributed by atoms with Gasteiger partial charge in [-0.25, -0.2) is 4.99 Å². The van der Waals surface area contributed by atoms with Gasteiger partial charge in [0.1, 0.15) is 12.3 Å². The minimum atomic E-state index is -0.220. The van der Waals surface area contributed by atoms with Crippen molar-refractivity contribution in [2.45, 2.75) is 18.9 Å². The van der Waals surface area contributed by atoms with Crippen LogP contribution in [0.1, 0.15) is 24.4 Å². The third-order valence-corrected chi connectivity index (χ3v) is 4.82. The van der Waals surface area contributed by atoms with Crippen molar-refractivity contribution >= 4 is 34.2 Å². The Bertz CT molecular complexity index is 560. The molecule has 2 heterocycles. The van der Waals surface area contributed by atoms with Crippen molar-refractivity contribution in [3.05, 3.63) is 28.2 Å². The number of carbonyl (C=O) groups excluding carboxylic acids is 1. The Balaban J connectivity index is 1.79. The first-order chi connectivity index (χ1) is 10.2. The van der Waals surface area contributed by atoms with E-state index < -0.39 is 0 Å². The third-order valence-electron chi connectivity index (χ3n) is 4.33. The fraction of sp³-hybridized carbons (Fsp3) is 0.500. The second kappa shape index (κ2) is 6.28. The number of fused-ring (bicyclic) bond motifs is 1. The average molecular weight is 350 g/mol. The molecular weight excluding hydrogens is 330 g/mol. The summed E-state index contributed by atoms with van der Waals surface area (Å²) >= 11 is 3.48. The first-order valence-electron chi connectivity index (χ1n) is 7.40. The number of hydrogen-bond donors (Lipinski definition) is 0. The molecule has 5 heteroatoms. The molecule has 0 saturated carbocycles. The van der Waals surface area contributed by atoms with Crippen molar-refractivity contribution in [3.63, 3.8) is 0 Å². The van der Waals surface area contributed by atoms with E-state index in [1.54, 1.807) is 0 Å². The van der Waals surface area contributed by atoms with Gasteiger partial charge in [0.2, 0.25) is 0 Å². The molecular formula is C16H20BrN3O. The predicted octanol–water partition coefficient (Wildman–Crippen LogP) is 3.01. The summed E-state index contributed by atoms with van der Waals surface area (Å²) in [5, 5.41) is 0. The summed E-state index contributed by atoms with van der Waals surface area (Å²) in [5.41, 5.74) is 1.89. The summed E-state index contributed by atoms with van der Waals surface area (Å²) in [6.07, 6.45) is 5.33. The summed E-state index contributed by atoms with van der Waals surface area (Å²) in [5.74, 6) is 0.603. The molecule has 0 spiro atoms. The number of rotatable bonds is 3. The molecule has 2 unspecified atom stereocenters. The van der Waals surface area contributed by atoms with Crippen LogP contribution in [0.25, 0.3) is 0 Å². The van der Waals surface area contributed by atoms with Gasteiger partial charge in [-0.3, -0.25) is 0 Å². The lowest BCUT2D eigenvalue weighted by molar-refractivity contribution is -0.111. The number of aliphatic imine (C=N–C) groups is 1. The molecule has 0 amide bonds. The van der Waals surface area contributed by atoms with Gasteiger partial charge in [-0.2, -0.15) is 0 Å². The number of benzene rings is 1. The lowest BCUT2D eigenvalue weighted by Crippen LogP contribution is -2.41. The molecule has 112 valence electrons. The van der Waals surface area contributed by atoms with Gasteiger partial charge < -0.3 is 14.6 Å². The van der Waals surface area contributed by atoms with E-state index >= 15 is 0 Å². The molecule has 4 nitrogen and oxygen atoms in total. The maximum absolute atomic E-state index is 11.6. The summed E-state index contributed by atoms with van der Waals surface area (Å²) in [6.45, 7) is 3.17. The fourth-order valence-electron chi connectivity index (χ4n) is 3.30. The largest absolute Gasteiger partial charge is 0.348 e. The Morgan fingerprint density at radius 2 is 2.33 bits per heavy atom. The maximum atomic E-state index is 11.6. The standard InChI is InChI=1S/C16H20BrN3O/c1-19-6-2-3-12(8-19)9-20-11-18-15-5-4-13(17)7-14(15)16(20)10-21/h4-5,7,10-12,16H,2-3,6,8-9H2,1H3. The molecule has 0 aliphatic carbocycles. The Hall–Kier alpha value is -1.20. The van der Waals surface area contributed by atoms with Gasteiger partial charge in [0.15, 0.2) is 0 Å². The van der Waals surface area contributed by atoms with Gasteiger partial charge in [-0.15, -0.1) is 0 Å². The minimum Gasteiger partial charge on any atom is -0.348 e. The first kappa shape index (κ1) is 14.7. The van der Waals surface area contributed by atoms with Crippen LogP contribution in [-0.4, -0.2) is 49.1 Å². The highest BCUT2D eigenvalue weighted by molar-refractivity contribution is 9.10. The lowest BCUT2D eigenvalue weighted by Gasteiger charge is -2.36. The monoisotopic (exact) mass is 349 g/mol. The van der Waals surface area contributed by atoms with Crippen LogP contribution in [0.4, 0.5) is 5.69 Å². The van der Waals surface area contributed by atoms with E-state index in [9.17, 15) is 4.79 Å². The molecule has 1 saturated heterocycles. The molecule has 21 heavy (non-hydrogen) atoms. The molecule has 2 aliphatic heterocycles. The fourth-order valence-corrected chi connectivity index (χ4v) is 3.68. The summed E-state index contributed by atoms with van der Waals surface area (Å²) in [4.78, 5) is 20.6. The van der Waals surface area contributed by atoms with Gasteiger partial charge in [-0.1, -0.05) is 15.9 Å². The number of likely N-dealkylation sites (tertiary alicyclic amines) is 1. The highest BCUT2D eigenvalue weighted by atomic mass is 79.9. The van der Waals surface area contributed by atoms with Crippen molar-refractivity contribution in [1.82, 2.24) is 9.80 Å². The Morgan fingerprint density at radius 1 is 1.48 bits per heavy atom. The van der Waals surface area contributed by atoms with E-state index in [0.29, 0.717) is 5.92 Å². The van der Waals surface area contributed by atoms with Gasteiger partial charge in [0.05, 0.1) is 12.0 Å². The van der Waals surface area contributed by atoms with Crippen LogP contribution < -0.4 is 0 Å². The second-order valence-corrected chi connectivity index (χ2v) is 6.91. The highest BCUT2D eigenvalue weighted by Gasteiger charge is 2.27. The Labute approximate surface area is 134 Å². The zero-order valence-corrected chi connectivity index (χ0v) is 13.8. The van der Waals surface area contributed by atoms with E-state index in [1.807, 2.05) is 24.5 Å². The quantitative estimate of drug-likeness (QED) is 0.787. The zero-order valence-electron chi connectivity index (χ0n) is 12.2. The van der Waals surface area contributed by atoms with Gasteiger partial charge in [-0.05, 0) is 50.6 Å². The SMILES string of the molecule is CN1CCCC(CN2C=Nc3ccc(Br)cc3C2C=O)C1. The molecule has 1 aromatic carbocycles. The lowest BCUT2D eigenvalue weighted by atomic mass is 9.96. The topological polar surface area (TPSA) is 35.9 Å². The zero-order chi connectivity index (χ0) is 14.8. The van der Waals surface area contributed by atoms with Crippen LogP contribution in [0.5, 0.6) is 0 Å². The van der Waals surface area contributed by atoms with Crippen molar-refractivity contribution in [2.75, 3.05) is 26.7 Å². The number of piperidine rings is 1. The minimum absolute atomic E-state index is 0.220. The van der Waals surface area contributed by atoms with Gasteiger partial charge in [0.25, 0.3) is 0 Å². The number of carbonyl (C=O) groups is 1. The van der Waals surface area contributed by atoms with Crippen LogP contribution in [-0.2, 0) is 4.79 Å². The molecule has 3 rings (SSSR count). The number of halogens is 1. The van der Waals surface area contributed by atoms with Crippen molar-refractivity contribution < 1.29 is 4.79 Å². The predicted molar refractivity (Wildman–Crippen MR) is 88.0 cm³/mol. The van der Waals surface area contributed by atoms with Crippen LogP contribution in [0.2, 0.25) is 0 Å². The molecule has 0 N–H and O–H groups in total. The smallest absolute Gasteiger partial charge is 0.147 e. The summed E-state index contributed by atoms with van der Waals surface area (Å²) in [6, 6.07) is 5.70. The van der Waals surface area contributed by atoms with Gasteiger partial charge >= 0.3 is 0 Å².